The number of anilines is 2. The molecule has 0 aliphatic heterocycles. The second-order valence-electron chi connectivity index (χ2n) is 7.26. The van der Waals surface area contributed by atoms with Crippen molar-refractivity contribution in [3.05, 3.63) is 59.2 Å². The maximum absolute atomic E-state index is 12.7. The second kappa shape index (κ2) is 10.9. The first-order valence-corrected chi connectivity index (χ1v) is 11.7. The number of nitrogens with zero attached hydrogens (tertiary/aromatic N) is 1. The van der Waals surface area contributed by atoms with Crippen LogP contribution in [0.25, 0.3) is 0 Å². The Labute approximate surface area is 183 Å². The van der Waals surface area contributed by atoms with Crippen molar-refractivity contribution in [1.82, 2.24) is 5.32 Å². The number of rotatable bonds is 10. The lowest BCUT2D eigenvalue weighted by atomic mass is 10.1. The molecule has 2 aromatic carbocycles. The quantitative estimate of drug-likeness (QED) is 0.545. The SMILES string of the molecule is COCCCNC(=O)c1ccccc1NC(=O)CN(c1ccc(C)cc1C)S(C)(=O)=O. The van der Waals surface area contributed by atoms with Crippen molar-refractivity contribution in [1.29, 1.82) is 0 Å². The largest absolute Gasteiger partial charge is 0.385 e. The van der Waals surface area contributed by atoms with Crippen LogP contribution in [-0.4, -0.2) is 53.3 Å². The van der Waals surface area contributed by atoms with Crippen LogP contribution in [-0.2, 0) is 19.6 Å². The van der Waals surface area contributed by atoms with Crippen LogP contribution in [0.5, 0.6) is 0 Å². The smallest absolute Gasteiger partial charge is 0.253 e. The summed E-state index contributed by atoms with van der Waals surface area (Å²) in [6.07, 6.45) is 1.72. The normalized spacial score (nSPS) is 11.1. The minimum Gasteiger partial charge on any atom is -0.385 e. The summed E-state index contributed by atoms with van der Waals surface area (Å²) >= 11 is 0. The van der Waals surface area contributed by atoms with Crippen LogP contribution in [0.3, 0.4) is 0 Å². The molecule has 0 fully saturated rings. The molecule has 2 N–H and O–H groups in total. The molecule has 0 atom stereocenters. The average Bonchev–Trinajstić information content (AvgIpc) is 2.69. The Kier molecular flexibility index (Phi) is 8.58. The molecule has 0 heterocycles. The molecule has 2 aromatic rings. The predicted octanol–water partition coefficient (Wildman–Crippen LogP) is 2.47. The van der Waals surface area contributed by atoms with E-state index >= 15 is 0 Å². The number of carbonyl (C=O) groups is 2. The molecule has 0 aliphatic rings. The lowest BCUT2D eigenvalue weighted by Crippen LogP contribution is -2.38. The highest BCUT2D eigenvalue weighted by molar-refractivity contribution is 7.92. The van der Waals surface area contributed by atoms with Crippen LogP contribution in [0.4, 0.5) is 11.4 Å². The molecule has 0 saturated carbocycles. The van der Waals surface area contributed by atoms with E-state index in [-0.39, 0.29) is 5.91 Å². The van der Waals surface area contributed by atoms with E-state index in [1.807, 2.05) is 13.0 Å². The first-order valence-electron chi connectivity index (χ1n) is 9.84. The Bertz CT molecular complexity index is 1040. The molecule has 0 radical (unpaired) electrons. The number of amides is 2. The molecule has 9 heteroatoms. The molecule has 0 saturated heterocycles. The van der Waals surface area contributed by atoms with E-state index in [0.29, 0.717) is 36.5 Å². The number of ether oxygens (including phenoxy) is 1. The number of methoxy groups -OCH3 is 1. The molecular weight excluding hydrogens is 418 g/mol. The lowest BCUT2D eigenvalue weighted by Gasteiger charge is -2.24. The number of benzene rings is 2. The van der Waals surface area contributed by atoms with Gasteiger partial charge in [-0.1, -0.05) is 29.8 Å². The zero-order chi connectivity index (χ0) is 23.0. The van der Waals surface area contributed by atoms with Gasteiger partial charge in [0, 0.05) is 20.3 Å². The number of carbonyl (C=O) groups excluding carboxylic acids is 2. The number of aryl methyl sites for hydroxylation is 2. The van der Waals surface area contributed by atoms with Gasteiger partial charge in [-0.2, -0.15) is 0 Å². The third-order valence-corrected chi connectivity index (χ3v) is 5.69. The molecular formula is C22H29N3O5S. The third kappa shape index (κ3) is 7.08. The van der Waals surface area contributed by atoms with Crippen molar-refractivity contribution >= 4 is 33.2 Å². The van der Waals surface area contributed by atoms with Crippen LogP contribution in [0.2, 0.25) is 0 Å². The van der Waals surface area contributed by atoms with Crippen molar-refractivity contribution in [2.45, 2.75) is 20.3 Å². The summed E-state index contributed by atoms with van der Waals surface area (Å²) in [4.78, 5) is 25.2. The summed E-state index contributed by atoms with van der Waals surface area (Å²) in [5.74, 6) is -0.883. The number of sulfonamides is 1. The first kappa shape index (κ1) is 24.4. The second-order valence-corrected chi connectivity index (χ2v) is 9.16. The van der Waals surface area contributed by atoms with E-state index < -0.39 is 22.5 Å². The van der Waals surface area contributed by atoms with E-state index in [1.54, 1.807) is 50.4 Å². The number of para-hydroxylation sites is 1. The molecule has 0 aliphatic carbocycles. The fourth-order valence-electron chi connectivity index (χ4n) is 3.09. The molecule has 8 nitrogen and oxygen atoms in total. The Morgan fingerprint density at radius 2 is 1.81 bits per heavy atom. The van der Waals surface area contributed by atoms with Gasteiger partial charge in [-0.15, -0.1) is 0 Å². The fraction of sp³-hybridized carbons (Fsp3) is 0.364. The molecule has 31 heavy (non-hydrogen) atoms. The summed E-state index contributed by atoms with van der Waals surface area (Å²) < 4.78 is 30.8. The highest BCUT2D eigenvalue weighted by Crippen LogP contribution is 2.24. The average molecular weight is 448 g/mol. The molecule has 2 amide bonds. The van der Waals surface area contributed by atoms with E-state index in [1.165, 1.54) is 0 Å². The highest BCUT2D eigenvalue weighted by atomic mass is 32.2. The standard InChI is InChI=1S/C22H29N3O5S/c1-16-10-11-20(17(2)14-16)25(31(4,28)29)15-21(26)24-19-9-6-5-8-18(19)22(27)23-12-7-13-30-3/h5-6,8-11,14H,7,12-13,15H2,1-4H3,(H,23,27)(H,24,26). The van der Waals surface area contributed by atoms with Gasteiger partial charge in [0.25, 0.3) is 5.91 Å². The topological polar surface area (TPSA) is 105 Å². The predicted molar refractivity (Wildman–Crippen MR) is 122 cm³/mol. The molecule has 0 aromatic heterocycles. The Morgan fingerprint density at radius 3 is 2.45 bits per heavy atom. The minimum absolute atomic E-state index is 0.297. The fourth-order valence-corrected chi connectivity index (χ4v) is 4.00. The van der Waals surface area contributed by atoms with Gasteiger partial charge in [0.15, 0.2) is 0 Å². The van der Waals surface area contributed by atoms with E-state index in [4.69, 9.17) is 4.74 Å². The monoisotopic (exact) mass is 447 g/mol. The summed E-state index contributed by atoms with van der Waals surface area (Å²) in [5.41, 5.74) is 2.78. The molecule has 0 bridgehead atoms. The zero-order valence-corrected chi connectivity index (χ0v) is 19.1. The van der Waals surface area contributed by atoms with Gasteiger partial charge in [0.1, 0.15) is 6.54 Å². The molecule has 168 valence electrons. The highest BCUT2D eigenvalue weighted by Gasteiger charge is 2.23. The van der Waals surface area contributed by atoms with Crippen LogP contribution in [0.15, 0.2) is 42.5 Å². The van der Waals surface area contributed by atoms with Crippen molar-refractivity contribution < 1.29 is 22.7 Å². The maximum atomic E-state index is 12.7. The van der Waals surface area contributed by atoms with Gasteiger partial charge in [-0.05, 0) is 44.0 Å². The Morgan fingerprint density at radius 1 is 1.10 bits per heavy atom. The molecule has 0 spiro atoms. The van der Waals surface area contributed by atoms with Crippen LogP contribution in [0.1, 0.15) is 27.9 Å². The molecule has 2 rings (SSSR count). The minimum atomic E-state index is -3.70. The lowest BCUT2D eigenvalue weighted by molar-refractivity contribution is -0.114. The van der Waals surface area contributed by atoms with Gasteiger partial charge in [0.05, 0.1) is 23.2 Å². The van der Waals surface area contributed by atoms with Crippen molar-refractivity contribution in [2.24, 2.45) is 0 Å². The van der Waals surface area contributed by atoms with Gasteiger partial charge in [-0.3, -0.25) is 13.9 Å². The maximum Gasteiger partial charge on any atom is 0.253 e. The van der Waals surface area contributed by atoms with Crippen molar-refractivity contribution in [2.75, 3.05) is 42.7 Å². The Hall–Kier alpha value is -2.91. The molecule has 0 unspecified atom stereocenters. The Balaban J connectivity index is 2.18. The van der Waals surface area contributed by atoms with E-state index in [2.05, 4.69) is 10.6 Å². The van der Waals surface area contributed by atoms with E-state index in [9.17, 15) is 18.0 Å². The summed E-state index contributed by atoms with van der Waals surface area (Å²) in [6.45, 7) is 4.25. The van der Waals surface area contributed by atoms with Crippen LogP contribution >= 0.6 is 0 Å². The van der Waals surface area contributed by atoms with Crippen LogP contribution in [0, 0.1) is 13.8 Å². The summed E-state index contributed by atoms with van der Waals surface area (Å²) in [5, 5.41) is 5.44. The van der Waals surface area contributed by atoms with Gasteiger partial charge in [0.2, 0.25) is 15.9 Å². The number of nitrogens with one attached hydrogen (secondary N) is 2. The number of hydrogen-bond donors (Lipinski definition) is 2. The van der Waals surface area contributed by atoms with Crippen molar-refractivity contribution in [3.8, 4) is 0 Å². The third-order valence-electron chi connectivity index (χ3n) is 4.57. The zero-order valence-electron chi connectivity index (χ0n) is 18.3. The van der Waals surface area contributed by atoms with Crippen molar-refractivity contribution in [3.63, 3.8) is 0 Å². The van der Waals surface area contributed by atoms with Crippen LogP contribution < -0.4 is 14.9 Å². The summed E-state index contributed by atoms with van der Waals surface area (Å²) in [6, 6.07) is 11.9. The first-order chi connectivity index (χ1) is 14.6. The van der Waals surface area contributed by atoms with E-state index in [0.717, 1.165) is 21.7 Å². The van der Waals surface area contributed by atoms with Gasteiger partial charge in [-0.25, -0.2) is 8.42 Å². The number of hydrogen-bond acceptors (Lipinski definition) is 5. The van der Waals surface area contributed by atoms with Gasteiger partial charge >= 0.3 is 0 Å². The van der Waals surface area contributed by atoms with Gasteiger partial charge < -0.3 is 15.4 Å². The summed E-state index contributed by atoms with van der Waals surface area (Å²) in [7, 11) is -2.12.